The first-order chi connectivity index (χ1) is 2.56. The molecular formula is H4O4SSi. The summed E-state index contributed by atoms with van der Waals surface area (Å²) in [5, 5.41) is 7.35. The molecule has 0 radical (unpaired) electrons. The molecule has 0 fully saturated rings. The van der Waals surface area contributed by atoms with Crippen molar-refractivity contribution in [3.05, 3.63) is 0 Å². The van der Waals surface area contributed by atoms with Gasteiger partial charge in [0.15, 0.2) is 9.39 Å². The molecule has 1 N–H and O–H groups in total. The largest absolute Gasteiger partial charge is 0.245 e. The smallest absolute Gasteiger partial charge is 0.235 e. The molecule has 0 aliphatic rings. The highest BCUT2D eigenvalue weighted by Crippen LogP contribution is 1.73. The molecule has 0 aliphatic heterocycles. The van der Waals surface area contributed by atoms with Gasteiger partial charge in [0.1, 0.15) is 0 Å². The summed E-state index contributed by atoms with van der Waals surface area (Å²) in [5.41, 5.74) is 0. The topological polar surface area (TPSA) is 63.6 Å². The lowest BCUT2D eigenvalue weighted by atomic mass is 15.0. The second kappa shape index (κ2) is 1.69. The van der Waals surface area contributed by atoms with E-state index in [1.807, 2.05) is 0 Å². The third kappa shape index (κ3) is 4.09. The zero-order valence-corrected chi connectivity index (χ0v) is 5.90. The SMILES string of the molecule is O=S(=O)([SiH3])OO. The van der Waals surface area contributed by atoms with Gasteiger partial charge in [-0.1, -0.05) is 0 Å². The summed E-state index contributed by atoms with van der Waals surface area (Å²) in [6, 6.07) is 0. The van der Waals surface area contributed by atoms with E-state index in [1.54, 1.807) is 0 Å². The fourth-order valence-electron chi connectivity index (χ4n) is 0. The minimum atomic E-state index is -3.47. The van der Waals surface area contributed by atoms with Crippen molar-refractivity contribution in [2.75, 3.05) is 0 Å². The van der Waals surface area contributed by atoms with Gasteiger partial charge in [-0.05, 0) is 0 Å². The van der Waals surface area contributed by atoms with Crippen LogP contribution in [0.3, 0.4) is 0 Å². The minimum Gasteiger partial charge on any atom is -0.235 e. The average molecular weight is 128 g/mol. The van der Waals surface area contributed by atoms with Crippen LogP contribution in [0, 0.1) is 0 Å². The van der Waals surface area contributed by atoms with E-state index >= 15 is 0 Å². The van der Waals surface area contributed by atoms with Gasteiger partial charge < -0.3 is 0 Å². The molecule has 0 atom stereocenters. The van der Waals surface area contributed by atoms with E-state index in [-0.39, 0.29) is 9.39 Å². The van der Waals surface area contributed by atoms with Crippen LogP contribution in [-0.4, -0.2) is 23.1 Å². The van der Waals surface area contributed by atoms with Crippen LogP contribution in [0.1, 0.15) is 0 Å². The zero-order valence-electron chi connectivity index (χ0n) is 3.08. The maximum Gasteiger partial charge on any atom is 0.245 e. The van der Waals surface area contributed by atoms with Crippen LogP contribution in [0.15, 0.2) is 0 Å². The monoisotopic (exact) mass is 128 g/mol. The fourth-order valence-corrected chi connectivity index (χ4v) is 0. The molecule has 0 aromatic carbocycles. The second-order valence-electron chi connectivity index (χ2n) is 0.779. The Morgan fingerprint density at radius 2 is 1.83 bits per heavy atom. The van der Waals surface area contributed by atoms with Gasteiger partial charge in [-0.3, -0.25) is 0 Å². The van der Waals surface area contributed by atoms with Crippen LogP contribution >= 0.6 is 0 Å². The molecule has 4 nitrogen and oxygen atoms in total. The molecule has 0 aromatic rings. The summed E-state index contributed by atoms with van der Waals surface area (Å²) in [4.78, 5) is 0. The van der Waals surface area contributed by atoms with E-state index in [0.29, 0.717) is 0 Å². The lowest BCUT2D eigenvalue weighted by Crippen LogP contribution is -1.98. The van der Waals surface area contributed by atoms with Crippen molar-refractivity contribution in [1.82, 2.24) is 0 Å². The minimum absolute atomic E-state index is 0.171. The second-order valence-corrected chi connectivity index (χ2v) is 5.34. The predicted molar refractivity (Wildman–Crippen MR) is 22.6 cm³/mol. The first kappa shape index (κ1) is 6.09. The van der Waals surface area contributed by atoms with Crippen LogP contribution in [-0.2, 0) is 13.9 Å². The summed E-state index contributed by atoms with van der Waals surface area (Å²) in [6.45, 7) is 0. The Kier molecular flexibility index (Phi) is 1.72. The van der Waals surface area contributed by atoms with Crippen molar-refractivity contribution >= 4 is 19.0 Å². The molecule has 6 heteroatoms. The average Bonchev–Trinajstić information content (AvgIpc) is 1.35. The summed E-state index contributed by atoms with van der Waals surface area (Å²) in [6.07, 6.45) is 0. The van der Waals surface area contributed by atoms with E-state index in [2.05, 4.69) is 4.33 Å². The lowest BCUT2D eigenvalue weighted by molar-refractivity contribution is -0.127. The van der Waals surface area contributed by atoms with E-state index in [1.165, 1.54) is 0 Å². The Hall–Kier alpha value is 0.0869. The Morgan fingerprint density at radius 3 is 1.83 bits per heavy atom. The van der Waals surface area contributed by atoms with Crippen molar-refractivity contribution in [2.24, 2.45) is 0 Å². The Labute approximate surface area is 37.9 Å². The normalized spacial score (nSPS) is 12.2. The standard InChI is InChI=1S/H4O4SSi/c1-4-5(2,3)6/h1H,6H3. The lowest BCUT2D eigenvalue weighted by Gasteiger charge is -1.81. The summed E-state index contributed by atoms with van der Waals surface area (Å²) >= 11 is 0. The van der Waals surface area contributed by atoms with E-state index < -0.39 is 9.57 Å². The molecule has 0 heterocycles. The van der Waals surface area contributed by atoms with Crippen LogP contribution in [0.2, 0.25) is 0 Å². The van der Waals surface area contributed by atoms with E-state index in [0.717, 1.165) is 0 Å². The Bertz CT molecular complexity index is 110. The molecule has 0 aromatic heterocycles. The van der Waals surface area contributed by atoms with Gasteiger partial charge >= 0.3 is 0 Å². The van der Waals surface area contributed by atoms with Crippen LogP contribution in [0.25, 0.3) is 0 Å². The first-order valence-corrected chi connectivity index (χ1v) is 5.36. The highest BCUT2D eigenvalue weighted by Gasteiger charge is 1.93. The molecule has 38 valence electrons. The van der Waals surface area contributed by atoms with Gasteiger partial charge in [0.2, 0.25) is 9.57 Å². The van der Waals surface area contributed by atoms with Crippen molar-refractivity contribution in [2.45, 2.75) is 0 Å². The Balaban J connectivity index is 3.85. The third-order valence-electron chi connectivity index (χ3n) is 0.135. The highest BCUT2D eigenvalue weighted by atomic mass is 32.4. The predicted octanol–water partition coefficient (Wildman–Crippen LogP) is -1.91. The third-order valence-corrected chi connectivity index (χ3v) is 0.853. The fraction of sp³-hybridized carbons (Fsp3) is 0. The maximum atomic E-state index is 9.59. The molecule has 0 saturated carbocycles. The molecule has 6 heavy (non-hydrogen) atoms. The van der Waals surface area contributed by atoms with Crippen molar-refractivity contribution in [3.8, 4) is 0 Å². The highest BCUT2D eigenvalue weighted by molar-refractivity contribution is 8.08. The van der Waals surface area contributed by atoms with E-state index in [4.69, 9.17) is 5.26 Å². The van der Waals surface area contributed by atoms with Gasteiger partial charge in [0.05, 0.1) is 0 Å². The van der Waals surface area contributed by atoms with Crippen LogP contribution < -0.4 is 0 Å². The summed E-state index contributed by atoms with van der Waals surface area (Å²) < 4.78 is 22.2. The summed E-state index contributed by atoms with van der Waals surface area (Å²) in [5.74, 6) is 0. The van der Waals surface area contributed by atoms with Crippen molar-refractivity contribution in [1.29, 1.82) is 0 Å². The number of hydrogen-bond donors (Lipinski definition) is 1. The van der Waals surface area contributed by atoms with Crippen LogP contribution in [0.5, 0.6) is 0 Å². The maximum absolute atomic E-state index is 9.59. The summed E-state index contributed by atoms with van der Waals surface area (Å²) in [7, 11) is -3.64. The molecule has 0 spiro atoms. The molecule has 0 saturated heterocycles. The molecule has 0 aliphatic carbocycles. The molecule has 0 unspecified atom stereocenters. The molecule has 0 rings (SSSR count). The van der Waals surface area contributed by atoms with E-state index in [9.17, 15) is 8.42 Å². The zero-order chi connectivity index (χ0) is 5.21. The van der Waals surface area contributed by atoms with Gasteiger partial charge in [-0.2, -0.15) is 0 Å². The van der Waals surface area contributed by atoms with Gasteiger partial charge in [-0.25, -0.2) is 13.7 Å². The molecular weight excluding hydrogens is 124 g/mol. The number of hydrogen-bond acceptors (Lipinski definition) is 4. The van der Waals surface area contributed by atoms with Crippen molar-refractivity contribution < 1.29 is 18.0 Å². The first-order valence-electron chi connectivity index (χ1n) is 1.09. The van der Waals surface area contributed by atoms with Gasteiger partial charge in [0.25, 0.3) is 0 Å². The van der Waals surface area contributed by atoms with Gasteiger partial charge in [-0.15, -0.1) is 4.33 Å². The molecule has 0 amide bonds. The van der Waals surface area contributed by atoms with Crippen LogP contribution in [0.4, 0.5) is 0 Å². The molecule has 0 bridgehead atoms. The Morgan fingerprint density at radius 1 is 1.67 bits per heavy atom. The number of rotatable bonds is 1. The quantitative estimate of drug-likeness (QED) is 0.254. The van der Waals surface area contributed by atoms with Crippen molar-refractivity contribution in [3.63, 3.8) is 0 Å². The van der Waals surface area contributed by atoms with Gasteiger partial charge in [0, 0.05) is 0 Å².